The Morgan fingerprint density at radius 1 is 1.16 bits per heavy atom. The van der Waals surface area contributed by atoms with Gasteiger partial charge in [-0.2, -0.15) is 0 Å². The number of fused-ring (bicyclic) bond motifs is 1. The van der Waals surface area contributed by atoms with Crippen molar-refractivity contribution in [2.45, 2.75) is 6.42 Å². The van der Waals surface area contributed by atoms with Crippen molar-refractivity contribution in [2.24, 2.45) is 5.92 Å². The van der Waals surface area contributed by atoms with E-state index in [1.807, 2.05) is 42.5 Å². The van der Waals surface area contributed by atoms with Crippen LogP contribution >= 0.6 is 0 Å². The zero-order valence-corrected chi connectivity index (χ0v) is 10.2. The van der Waals surface area contributed by atoms with E-state index in [0.717, 1.165) is 16.5 Å². The molecule has 0 spiro atoms. The number of carbonyl (C=O) groups is 2. The summed E-state index contributed by atoms with van der Waals surface area (Å²) in [7, 11) is 0. The number of hydrogen-bond acceptors (Lipinski definition) is 3. The normalized spacial score (nSPS) is 19.1. The van der Waals surface area contributed by atoms with E-state index in [2.05, 4.69) is 0 Å². The quantitative estimate of drug-likeness (QED) is 0.801. The Kier molecular flexibility index (Phi) is 2.71. The van der Waals surface area contributed by atoms with Gasteiger partial charge in [0.15, 0.2) is 0 Å². The maximum absolute atomic E-state index is 12.0. The van der Waals surface area contributed by atoms with Crippen molar-refractivity contribution in [1.29, 1.82) is 0 Å². The van der Waals surface area contributed by atoms with Crippen molar-refractivity contribution < 1.29 is 14.7 Å². The van der Waals surface area contributed by atoms with Crippen LogP contribution < -0.4 is 10.0 Å². The number of rotatable bonds is 2. The van der Waals surface area contributed by atoms with Crippen molar-refractivity contribution in [1.82, 2.24) is 0 Å². The lowest BCUT2D eigenvalue weighted by atomic mass is 10.1. The standard InChI is InChI=1S/C15H13NO3/c17-14-8-11(15(18)19)9-16(14)13-7-3-5-10-4-1-2-6-12(10)13/h1-7,11H,8-9H2,(H,18,19)/p-1/t11-/m1/s1. The van der Waals surface area contributed by atoms with Crippen molar-refractivity contribution in [3.63, 3.8) is 0 Å². The maximum Gasteiger partial charge on any atom is 0.227 e. The number of amides is 1. The van der Waals surface area contributed by atoms with Crippen molar-refractivity contribution >= 4 is 28.3 Å². The van der Waals surface area contributed by atoms with Crippen molar-refractivity contribution in [3.8, 4) is 0 Å². The second-order valence-electron chi connectivity index (χ2n) is 4.72. The summed E-state index contributed by atoms with van der Waals surface area (Å²) in [5, 5.41) is 12.9. The molecular weight excluding hydrogens is 242 g/mol. The zero-order chi connectivity index (χ0) is 13.4. The van der Waals surface area contributed by atoms with Crippen LogP contribution in [0.1, 0.15) is 6.42 Å². The number of carboxylic acid groups (broad SMARTS) is 1. The first-order valence-corrected chi connectivity index (χ1v) is 6.16. The number of aliphatic carboxylic acids is 1. The highest BCUT2D eigenvalue weighted by Crippen LogP contribution is 2.31. The fourth-order valence-electron chi connectivity index (χ4n) is 2.54. The first-order chi connectivity index (χ1) is 9.16. The van der Waals surface area contributed by atoms with Gasteiger partial charge in [0.1, 0.15) is 0 Å². The lowest BCUT2D eigenvalue weighted by Gasteiger charge is -2.19. The molecule has 0 N–H and O–H groups in total. The molecule has 4 nitrogen and oxygen atoms in total. The van der Waals surface area contributed by atoms with E-state index in [4.69, 9.17) is 0 Å². The van der Waals surface area contributed by atoms with Gasteiger partial charge < -0.3 is 14.8 Å². The summed E-state index contributed by atoms with van der Waals surface area (Å²) in [5.74, 6) is -2.03. The van der Waals surface area contributed by atoms with Gasteiger partial charge in [0, 0.05) is 30.2 Å². The Morgan fingerprint density at radius 3 is 2.63 bits per heavy atom. The third-order valence-corrected chi connectivity index (χ3v) is 3.52. The second-order valence-corrected chi connectivity index (χ2v) is 4.72. The highest BCUT2D eigenvalue weighted by Gasteiger charge is 2.31. The maximum atomic E-state index is 12.0. The summed E-state index contributed by atoms with van der Waals surface area (Å²) in [6, 6.07) is 13.4. The molecule has 96 valence electrons. The van der Waals surface area contributed by atoms with Crippen LogP contribution in [0.5, 0.6) is 0 Å². The van der Waals surface area contributed by atoms with Gasteiger partial charge in [0.05, 0.1) is 5.69 Å². The Bertz CT molecular complexity index is 660. The lowest BCUT2D eigenvalue weighted by molar-refractivity contribution is -0.310. The Labute approximate surface area is 110 Å². The van der Waals surface area contributed by atoms with E-state index in [1.165, 1.54) is 0 Å². The Morgan fingerprint density at radius 2 is 1.89 bits per heavy atom. The van der Waals surface area contributed by atoms with Crippen LogP contribution in [0.25, 0.3) is 10.8 Å². The predicted molar refractivity (Wildman–Crippen MR) is 69.4 cm³/mol. The van der Waals surface area contributed by atoms with Gasteiger partial charge >= 0.3 is 0 Å². The van der Waals surface area contributed by atoms with Gasteiger partial charge in [0.2, 0.25) is 5.91 Å². The van der Waals surface area contributed by atoms with E-state index < -0.39 is 11.9 Å². The highest BCUT2D eigenvalue weighted by atomic mass is 16.4. The molecule has 1 heterocycles. The van der Waals surface area contributed by atoms with E-state index in [0.29, 0.717) is 0 Å². The molecule has 0 unspecified atom stereocenters. The van der Waals surface area contributed by atoms with Crippen molar-refractivity contribution in [2.75, 3.05) is 11.4 Å². The van der Waals surface area contributed by atoms with Crippen LogP contribution in [-0.4, -0.2) is 18.4 Å². The Hall–Kier alpha value is -2.36. The summed E-state index contributed by atoms with van der Waals surface area (Å²) in [4.78, 5) is 24.4. The zero-order valence-electron chi connectivity index (χ0n) is 10.2. The van der Waals surface area contributed by atoms with E-state index in [1.54, 1.807) is 4.90 Å². The van der Waals surface area contributed by atoms with Gasteiger partial charge in [-0.3, -0.25) is 4.79 Å². The van der Waals surface area contributed by atoms with Crippen LogP contribution in [0.3, 0.4) is 0 Å². The minimum Gasteiger partial charge on any atom is -0.550 e. The van der Waals surface area contributed by atoms with Crippen LogP contribution in [-0.2, 0) is 9.59 Å². The summed E-state index contributed by atoms with van der Waals surface area (Å²) in [6.07, 6.45) is 0.0194. The number of hydrogen-bond donors (Lipinski definition) is 0. The highest BCUT2D eigenvalue weighted by molar-refractivity contribution is 6.06. The SMILES string of the molecule is O=C([O-])[C@@H]1CC(=O)N(c2cccc3ccccc23)C1. The molecule has 1 fully saturated rings. The first kappa shape index (κ1) is 11.7. The van der Waals surface area contributed by atoms with Gasteiger partial charge in [-0.1, -0.05) is 36.4 Å². The molecule has 0 bridgehead atoms. The number of nitrogens with zero attached hydrogens (tertiary/aromatic N) is 1. The molecule has 0 radical (unpaired) electrons. The molecule has 1 saturated heterocycles. The molecule has 0 aliphatic carbocycles. The van der Waals surface area contributed by atoms with Gasteiger partial charge in [0.25, 0.3) is 0 Å². The summed E-state index contributed by atoms with van der Waals surface area (Å²) >= 11 is 0. The molecule has 0 aromatic heterocycles. The molecule has 19 heavy (non-hydrogen) atoms. The van der Waals surface area contributed by atoms with E-state index in [-0.39, 0.29) is 18.9 Å². The fourth-order valence-corrected chi connectivity index (χ4v) is 2.54. The third kappa shape index (κ3) is 1.95. The molecule has 1 aliphatic rings. The number of carboxylic acids is 1. The number of benzene rings is 2. The van der Waals surface area contributed by atoms with Crippen LogP contribution in [0.15, 0.2) is 42.5 Å². The van der Waals surface area contributed by atoms with E-state index in [9.17, 15) is 14.7 Å². The van der Waals surface area contributed by atoms with Crippen LogP contribution in [0.4, 0.5) is 5.69 Å². The molecule has 3 rings (SSSR count). The Balaban J connectivity index is 2.05. The van der Waals surface area contributed by atoms with Crippen molar-refractivity contribution in [3.05, 3.63) is 42.5 Å². The smallest absolute Gasteiger partial charge is 0.227 e. The molecular formula is C15H12NO3-. The molecule has 2 aromatic carbocycles. The second kappa shape index (κ2) is 4.39. The molecule has 4 heteroatoms. The first-order valence-electron chi connectivity index (χ1n) is 6.16. The monoisotopic (exact) mass is 254 g/mol. The minimum atomic E-state index is -1.16. The molecule has 2 aromatic rings. The lowest BCUT2D eigenvalue weighted by Crippen LogP contribution is -2.33. The average Bonchev–Trinajstić information content (AvgIpc) is 2.80. The average molecular weight is 254 g/mol. The number of anilines is 1. The topological polar surface area (TPSA) is 60.4 Å². The van der Waals surface area contributed by atoms with Gasteiger partial charge in [-0.25, -0.2) is 0 Å². The van der Waals surface area contributed by atoms with Gasteiger partial charge in [-0.15, -0.1) is 0 Å². The van der Waals surface area contributed by atoms with Crippen LogP contribution in [0, 0.1) is 5.92 Å². The van der Waals surface area contributed by atoms with Crippen LogP contribution in [0.2, 0.25) is 0 Å². The van der Waals surface area contributed by atoms with E-state index >= 15 is 0 Å². The number of carbonyl (C=O) groups excluding carboxylic acids is 2. The summed E-state index contributed by atoms with van der Waals surface area (Å²) < 4.78 is 0. The molecule has 1 aliphatic heterocycles. The third-order valence-electron chi connectivity index (χ3n) is 3.52. The molecule has 1 amide bonds. The predicted octanol–water partition coefficient (Wildman–Crippen LogP) is 0.943. The molecule has 0 saturated carbocycles. The van der Waals surface area contributed by atoms with Gasteiger partial charge in [-0.05, 0) is 11.5 Å². The summed E-state index contributed by atoms with van der Waals surface area (Å²) in [6.45, 7) is 0.190. The largest absolute Gasteiger partial charge is 0.550 e. The molecule has 1 atom stereocenters. The summed E-state index contributed by atoms with van der Waals surface area (Å²) in [5.41, 5.74) is 0.770. The fraction of sp³-hybridized carbons (Fsp3) is 0.200. The minimum absolute atomic E-state index is 0.0194.